The zero-order chi connectivity index (χ0) is 17.5. The summed E-state index contributed by atoms with van der Waals surface area (Å²) in [5, 5.41) is 2.57. The highest BCUT2D eigenvalue weighted by molar-refractivity contribution is 5.92. The van der Waals surface area contributed by atoms with Gasteiger partial charge in [-0.1, -0.05) is 18.2 Å². The fourth-order valence-corrected chi connectivity index (χ4v) is 2.33. The summed E-state index contributed by atoms with van der Waals surface area (Å²) in [4.78, 5) is 13.9. The Morgan fingerprint density at radius 3 is 2.58 bits per heavy atom. The minimum absolute atomic E-state index is 0.128. The molecule has 0 aliphatic heterocycles. The van der Waals surface area contributed by atoms with E-state index in [1.807, 2.05) is 24.1 Å². The first-order chi connectivity index (χ1) is 11.5. The first-order valence-electron chi connectivity index (χ1n) is 7.47. The molecular formula is C18H21FN2O3. The number of benzene rings is 2. The summed E-state index contributed by atoms with van der Waals surface area (Å²) in [5.74, 6) is 0.659. The second-order valence-electron chi connectivity index (χ2n) is 5.38. The summed E-state index contributed by atoms with van der Waals surface area (Å²) in [7, 11) is 4.99. The van der Waals surface area contributed by atoms with Gasteiger partial charge in [0.25, 0.3) is 0 Å². The standard InChI is InChI=1S/C18H21FN2O3/c1-21(11-13-8-9-14(23-2)10-17(13)24-3)12-18(22)20-16-7-5-4-6-15(16)19/h4-10H,11-12H2,1-3H3,(H,20,22). The lowest BCUT2D eigenvalue weighted by molar-refractivity contribution is -0.117. The topological polar surface area (TPSA) is 50.8 Å². The molecule has 0 aliphatic carbocycles. The minimum atomic E-state index is -0.453. The molecule has 0 saturated heterocycles. The number of likely N-dealkylation sites (N-methyl/N-ethyl adjacent to an activating group) is 1. The maximum absolute atomic E-state index is 13.5. The molecule has 2 aromatic rings. The van der Waals surface area contributed by atoms with Crippen LogP contribution < -0.4 is 14.8 Å². The largest absolute Gasteiger partial charge is 0.497 e. The lowest BCUT2D eigenvalue weighted by atomic mass is 10.2. The number of ether oxygens (including phenoxy) is 2. The molecule has 0 unspecified atom stereocenters. The summed E-state index contributed by atoms with van der Waals surface area (Å²) in [6.07, 6.45) is 0. The van der Waals surface area contributed by atoms with E-state index in [9.17, 15) is 9.18 Å². The summed E-state index contributed by atoms with van der Waals surface area (Å²) in [5.41, 5.74) is 1.11. The van der Waals surface area contributed by atoms with Crippen molar-refractivity contribution in [3.63, 3.8) is 0 Å². The molecule has 0 radical (unpaired) electrons. The molecular weight excluding hydrogens is 311 g/mol. The van der Waals surface area contributed by atoms with Crippen LogP contribution in [0.5, 0.6) is 11.5 Å². The molecule has 0 atom stereocenters. The maximum Gasteiger partial charge on any atom is 0.238 e. The van der Waals surface area contributed by atoms with Crippen LogP contribution in [-0.2, 0) is 11.3 Å². The molecule has 1 amide bonds. The molecule has 2 aromatic carbocycles. The van der Waals surface area contributed by atoms with Gasteiger partial charge < -0.3 is 14.8 Å². The number of nitrogens with one attached hydrogen (secondary N) is 1. The van der Waals surface area contributed by atoms with Crippen LogP contribution in [0.1, 0.15) is 5.56 Å². The predicted molar refractivity (Wildman–Crippen MR) is 90.9 cm³/mol. The zero-order valence-corrected chi connectivity index (χ0v) is 14.0. The summed E-state index contributed by atoms with van der Waals surface area (Å²) >= 11 is 0. The highest BCUT2D eigenvalue weighted by Crippen LogP contribution is 2.25. The monoisotopic (exact) mass is 332 g/mol. The Labute approximate surface area is 141 Å². The van der Waals surface area contributed by atoms with Crippen molar-refractivity contribution >= 4 is 11.6 Å². The Hall–Kier alpha value is -2.60. The van der Waals surface area contributed by atoms with Gasteiger partial charge in [-0.15, -0.1) is 0 Å². The highest BCUT2D eigenvalue weighted by Gasteiger charge is 2.12. The quantitative estimate of drug-likeness (QED) is 0.847. The first-order valence-corrected chi connectivity index (χ1v) is 7.47. The van der Waals surface area contributed by atoms with E-state index in [0.29, 0.717) is 18.0 Å². The van der Waals surface area contributed by atoms with Crippen molar-refractivity contribution in [2.45, 2.75) is 6.54 Å². The van der Waals surface area contributed by atoms with E-state index in [1.54, 1.807) is 32.4 Å². The van der Waals surface area contributed by atoms with Crippen LogP contribution in [0.25, 0.3) is 0 Å². The lowest BCUT2D eigenvalue weighted by Crippen LogP contribution is -2.30. The number of nitrogens with zero attached hydrogens (tertiary/aromatic N) is 1. The van der Waals surface area contributed by atoms with Crippen LogP contribution in [0, 0.1) is 5.82 Å². The molecule has 0 aliphatic rings. The van der Waals surface area contributed by atoms with E-state index in [2.05, 4.69) is 5.32 Å². The first kappa shape index (κ1) is 17.7. The number of carbonyl (C=O) groups excluding carboxylic acids is 1. The van der Waals surface area contributed by atoms with E-state index in [-0.39, 0.29) is 18.1 Å². The number of rotatable bonds is 7. The molecule has 5 nitrogen and oxygen atoms in total. The van der Waals surface area contributed by atoms with Crippen molar-refractivity contribution in [1.82, 2.24) is 4.90 Å². The summed E-state index contributed by atoms with van der Waals surface area (Å²) in [6, 6.07) is 11.6. The third-order valence-corrected chi connectivity index (χ3v) is 3.50. The van der Waals surface area contributed by atoms with Gasteiger partial charge in [-0.3, -0.25) is 9.69 Å². The Morgan fingerprint density at radius 2 is 1.92 bits per heavy atom. The smallest absolute Gasteiger partial charge is 0.238 e. The van der Waals surface area contributed by atoms with Crippen molar-refractivity contribution < 1.29 is 18.7 Å². The molecule has 1 N–H and O–H groups in total. The van der Waals surface area contributed by atoms with Crippen LogP contribution in [-0.4, -0.2) is 38.6 Å². The molecule has 24 heavy (non-hydrogen) atoms. The highest BCUT2D eigenvalue weighted by atomic mass is 19.1. The number of anilines is 1. The number of hydrogen-bond acceptors (Lipinski definition) is 4. The third kappa shape index (κ3) is 4.70. The van der Waals surface area contributed by atoms with Crippen molar-refractivity contribution in [3.05, 3.63) is 53.8 Å². The van der Waals surface area contributed by atoms with E-state index in [0.717, 1.165) is 5.56 Å². The molecule has 0 saturated carbocycles. The third-order valence-electron chi connectivity index (χ3n) is 3.50. The molecule has 0 aromatic heterocycles. The van der Waals surface area contributed by atoms with Gasteiger partial charge in [-0.05, 0) is 25.2 Å². The average molecular weight is 332 g/mol. The number of halogens is 1. The van der Waals surface area contributed by atoms with Crippen LogP contribution in [0.2, 0.25) is 0 Å². The Balaban J connectivity index is 1.96. The van der Waals surface area contributed by atoms with Gasteiger partial charge in [0, 0.05) is 18.2 Å². The molecule has 0 heterocycles. The van der Waals surface area contributed by atoms with Crippen molar-refractivity contribution in [3.8, 4) is 11.5 Å². The number of hydrogen-bond donors (Lipinski definition) is 1. The van der Waals surface area contributed by atoms with Crippen LogP contribution in [0.4, 0.5) is 10.1 Å². The normalized spacial score (nSPS) is 10.5. The predicted octanol–water partition coefficient (Wildman–Crippen LogP) is 2.91. The van der Waals surface area contributed by atoms with E-state index in [1.165, 1.54) is 12.1 Å². The summed E-state index contributed by atoms with van der Waals surface area (Å²) in [6.45, 7) is 0.640. The maximum atomic E-state index is 13.5. The van der Waals surface area contributed by atoms with Crippen LogP contribution >= 0.6 is 0 Å². The van der Waals surface area contributed by atoms with Gasteiger partial charge in [0.1, 0.15) is 17.3 Å². The fraction of sp³-hybridized carbons (Fsp3) is 0.278. The second kappa shape index (κ2) is 8.31. The van der Waals surface area contributed by atoms with E-state index in [4.69, 9.17) is 9.47 Å². The number of amides is 1. The Morgan fingerprint density at radius 1 is 1.17 bits per heavy atom. The molecule has 0 spiro atoms. The lowest BCUT2D eigenvalue weighted by Gasteiger charge is -2.18. The Kier molecular flexibility index (Phi) is 6.14. The van der Waals surface area contributed by atoms with Gasteiger partial charge in [-0.25, -0.2) is 4.39 Å². The van der Waals surface area contributed by atoms with Crippen LogP contribution in [0.15, 0.2) is 42.5 Å². The van der Waals surface area contributed by atoms with Crippen molar-refractivity contribution in [2.24, 2.45) is 0 Å². The van der Waals surface area contributed by atoms with Gasteiger partial charge >= 0.3 is 0 Å². The molecule has 0 fully saturated rings. The van der Waals surface area contributed by atoms with Crippen molar-refractivity contribution in [2.75, 3.05) is 33.1 Å². The zero-order valence-electron chi connectivity index (χ0n) is 14.0. The molecule has 0 bridgehead atoms. The second-order valence-corrected chi connectivity index (χ2v) is 5.38. The number of carbonyl (C=O) groups is 1. The minimum Gasteiger partial charge on any atom is -0.497 e. The SMILES string of the molecule is COc1ccc(CN(C)CC(=O)Nc2ccccc2F)c(OC)c1. The Bertz CT molecular complexity index is 706. The van der Waals surface area contributed by atoms with Gasteiger partial charge in [0.05, 0.1) is 26.5 Å². The fourth-order valence-electron chi connectivity index (χ4n) is 2.33. The molecule has 2 rings (SSSR count). The average Bonchev–Trinajstić information content (AvgIpc) is 2.57. The van der Waals surface area contributed by atoms with Gasteiger partial charge in [-0.2, -0.15) is 0 Å². The van der Waals surface area contributed by atoms with Gasteiger partial charge in [0.2, 0.25) is 5.91 Å². The van der Waals surface area contributed by atoms with Crippen molar-refractivity contribution in [1.29, 1.82) is 0 Å². The summed E-state index contributed by atoms with van der Waals surface area (Å²) < 4.78 is 24.1. The van der Waals surface area contributed by atoms with E-state index >= 15 is 0 Å². The molecule has 6 heteroatoms. The molecule has 128 valence electrons. The van der Waals surface area contributed by atoms with Crippen LogP contribution in [0.3, 0.4) is 0 Å². The van der Waals surface area contributed by atoms with Gasteiger partial charge in [0.15, 0.2) is 0 Å². The number of para-hydroxylation sites is 1. The van der Waals surface area contributed by atoms with E-state index < -0.39 is 5.82 Å². The number of methoxy groups -OCH3 is 2.